The lowest BCUT2D eigenvalue weighted by Gasteiger charge is -2.22. The molecule has 0 aliphatic rings. The van der Waals surface area contributed by atoms with Crippen LogP contribution in [0.2, 0.25) is 0 Å². The van der Waals surface area contributed by atoms with E-state index in [4.69, 9.17) is 4.74 Å². The molecule has 0 atom stereocenters. The maximum Gasteiger partial charge on any atom is 0.239 e. The summed E-state index contributed by atoms with van der Waals surface area (Å²) in [5, 5.41) is 3.21. The second kappa shape index (κ2) is 6.57. The molecule has 0 spiro atoms. The van der Waals surface area contributed by atoms with Gasteiger partial charge in [-0.2, -0.15) is 4.98 Å². The van der Waals surface area contributed by atoms with Gasteiger partial charge < -0.3 is 10.1 Å². The van der Waals surface area contributed by atoms with Crippen molar-refractivity contribution in [2.24, 2.45) is 0 Å². The Labute approximate surface area is 126 Å². The molecule has 2 aromatic rings. The van der Waals surface area contributed by atoms with Gasteiger partial charge in [0.25, 0.3) is 0 Å². The molecule has 0 amide bonds. The van der Waals surface area contributed by atoms with E-state index in [1.807, 2.05) is 18.2 Å². The second-order valence-electron chi connectivity index (χ2n) is 6.02. The van der Waals surface area contributed by atoms with E-state index < -0.39 is 0 Å². The average molecular weight is 285 g/mol. The highest BCUT2D eigenvalue weighted by molar-refractivity contribution is 5.41. The molecule has 4 heteroatoms. The molecule has 1 aromatic carbocycles. The van der Waals surface area contributed by atoms with Gasteiger partial charge >= 0.3 is 0 Å². The molecule has 0 saturated heterocycles. The third-order valence-electron chi connectivity index (χ3n) is 3.08. The number of aromatic nitrogens is 2. The van der Waals surface area contributed by atoms with E-state index >= 15 is 0 Å². The van der Waals surface area contributed by atoms with Crippen molar-refractivity contribution in [1.29, 1.82) is 0 Å². The number of nitrogens with one attached hydrogen (secondary N) is 1. The number of hydrogen-bond donors (Lipinski definition) is 1. The zero-order chi connectivity index (χ0) is 15.3. The van der Waals surface area contributed by atoms with Gasteiger partial charge in [0.15, 0.2) is 0 Å². The summed E-state index contributed by atoms with van der Waals surface area (Å²) in [7, 11) is 0. The van der Waals surface area contributed by atoms with Crippen LogP contribution in [0.25, 0.3) is 0 Å². The lowest BCUT2D eigenvalue weighted by Crippen LogP contribution is -2.12. The molecule has 1 N–H and O–H groups in total. The maximum absolute atomic E-state index is 5.94. The van der Waals surface area contributed by atoms with Gasteiger partial charge in [-0.3, -0.25) is 4.98 Å². The molecule has 21 heavy (non-hydrogen) atoms. The molecule has 0 fully saturated rings. The quantitative estimate of drug-likeness (QED) is 0.885. The van der Waals surface area contributed by atoms with Crippen LogP contribution >= 0.6 is 0 Å². The number of benzene rings is 1. The van der Waals surface area contributed by atoms with Gasteiger partial charge in [0.1, 0.15) is 11.6 Å². The van der Waals surface area contributed by atoms with Crippen LogP contribution in [0.15, 0.2) is 36.7 Å². The molecule has 0 radical (unpaired) electrons. The number of hydrogen-bond acceptors (Lipinski definition) is 4. The van der Waals surface area contributed by atoms with Crippen molar-refractivity contribution < 1.29 is 4.74 Å². The van der Waals surface area contributed by atoms with Crippen molar-refractivity contribution in [1.82, 2.24) is 9.97 Å². The standard InChI is InChI=1S/C17H23N3O/c1-5-10-19-15-11-18-12-16(20-15)21-14-9-7-6-8-13(14)17(2,3)4/h6-9,11-12H,5,10H2,1-4H3,(H,19,20). The lowest BCUT2D eigenvalue weighted by atomic mass is 9.86. The van der Waals surface area contributed by atoms with Crippen LogP contribution in [-0.4, -0.2) is 16.5 Å². The molecule has 0 unspecified atom stereocenters. The molecule has 0 aliphatic carbocycles. The Morgan fingerprint density at radius 1 is 1.14 bits per heavy atom. The Kier molecular flexibility index (Phi) is 4.78. The Balaban J connectivity index is 2.23. The molecule has 1 aromatic heterocycles. The van der Waals surface area contributed by atoms with E-state index in [-0.39, 0.29) is 5.41 Å². The molecule has 1 heterocycles. The van der Waals surface area contributed by atoms with E-state index in [1.165, 1.54) is 0 Å². The van der Waals surface area contributed by atoms with Crippen LogP contribution in [0.3, 0.4) is 0 Å². The first-order valence-electron chi connectivity index (χ1n) is 7.34. The number of para-hydroxylation sites is 1. The Bertz CT molecular complexity index is 591. The van der Waals surface area contributed by atoms with Crippen molar-refractivity contribution in [3.63, 3.8) is 0 Å². The van der Waals surface area contributed by atoms with Crippen molar-refractivity contribution in [3.05, 3.63) is 42.2 Å². The SMILES string of the molecule is CCCNc1cncc(Oc2ccccc2C(C)(C)C)n1. The Morgan fingerprint density at radius 2 is 1.90 bits per heavy atom. The summed E-state index contributed by atoms with van der Waals surface area (Å²) >= 11 is 0. The summed E-state index contributed by atoms with van der Waals surface area (Å²) in [5.74, 6) is 2.07. The van der Waals surface area contributed by atoms with E-state index in [2.05, 4.69) is 49.0 Å². The fourth-order valence-corrected chi connectivity index (χ4v) is 2.02. The third-order valence-corrected chi connectivity index (χ3v) is 3.08. The molecule has 2 rings (SSSR count). The molecular weight excluding hydrogens is 262 g/mol. The smallest absolute Gasteiger partial charge is 0.239 e. The van der Waals surface area contributed by atoms with Crippen molar-refractivity contribution >= 4 is 5.82 Å². The number of rotatable bonds is 5. The van der Waals surface area contributed by atoms with Crippen molar-refractivity contribution in [2.45, 2.75) is 39.5 Å². The minimum atomic E-state index is 0.0160. The number of ether oxygens (including phenoxy) is 1. The molecular formula is C17H23N3O. The first-order chi connectivity index (χ1) is 10.0. The summed E-state index contributed by atoms with van der Waals surface area (Å²) in [5.41, 5.74) is 1.17. The Morgan fingerprint density at radius 3 is 2.62 bits per heavy atom. The van der Waals surface area contributed by atoms with Gasteiger partial charge in [-0.05, 0) is 17.9 Å². The highest BCUT2D eigenvalue weighted by atomic mass is 16.5. The van der Waals surface area contributed by atoms with Crippen LogP contribution < -0.4 is 10.1 Å². The predicted molar refractivity (Wildman–Crippen MR) is 86.0 cm³/mol. The molecule has 0 bridgehead atoms. The largest absolute Gasteiger partial charge is 0.437 e. The first-order valence-corrected chi connectivity index (χ1v) is 7.34. The summed E-state index contributed by atoms with van der Waals surface area (Å²) in [6.07, 6.45) is 4.38. The van der Waals surface area contributed by atoms with Gasteiger partial charge in [0.05, 0.1) is 12.4 Å². The zero-order valence-electron chi connectivity index (χ0n) is 13.2. The summed E-state index contributed by atoms with van der Waals surface area (Å²) in [6, 6.07) is 8.05. The molecule has 4 nitrogen and oxygen atoms in total. The van der Waals surface area contributed by atoms with Crippen molar-refractivity contribution in [2.75, 3.05) is 11.9 Å². The normalized spacial score (nSPS) is 11.2. The van der Waals surface area contributed by atoms with E-state index in [9.17, 15) is 0 Å². The van der Waals surface area contributed by atoms with Gasteiger partial charge in [0.2, 0.25) is 5.88 Å². The number of anilines is 1. The predicted octanol–water partition coefficient (Wildman–Crippen LogP) is 4.39. The van der Waals surface area contributed by atoms with E-state index in [0.29, 0.717) is 5.88 Å². The topological polar surface area (TPSA) is 47.0 Å². The van der Waals surface area contributed by atoms with E-state index in [1.54, 1.807) is 12.4 Å². The Hall–Kier alpha value is -2.10. The summed E-state index contributed by atoms with van der Waals surface area (Å²) in [4.78, 5) is 8.61. The van der Waals surface area contributed by atoms with E-state index in [0.717, 1.165) is 30.1 Å². The van der Waals surface area contributed by atoms with Gasteiger partial charge in [0, 0.05) is 12.1 Å². The van der Waals surface area contributed by atoms with Crippen LogP contribution in [-0.2, 0) is 5.41 Å². The van der Waals surface area contributed by atoms with Gasteiger partial charge in [-0.1, -0.05) is 45.9 Å². The van der Waals surface area contributed by atoms with Crippen LogP contribution in [0.4, 0.5) is 5.82 Å². The minimum Gasteiger partial charge on any atom is -0.437 e. The molecule has 0 saturated carbocycles. The van der Waals surface area contributed by atoms with Crippen LogP contribution in [0, 0.1) is 0 Å². The molecule has 0 aliphatic heterocycles. The van der Waals surface area contributed by atoms with Crippen LogP contribution in [0.1, 0.15) is 39.7 Å². The monoisotopic (exact) mass is 285 g/mol. The minimum absolute atomic E-state index is 0.0160. The van der Waals surface area contributed by atoms with Gasteiger partial charge in [-0.15, -0.1) is 0 Å². The fourth-order valence-electron chi connectivity index (χ4n) is 2.02. The van der Waals surface area contributed by atoms with Crippen LogP contribution in [0.5, 0.6) is 11.6 Å². The third kappa shape index (κ3) is 4.18. The average Bonchev–Trinajstić information content (AvgIpc) is 2.45. The fraction of sp³-hybridized carbons (Fsp3) is 0.412. The highest BCUT2D eigenvalue weighted by Gasteiger charge is 2.19. The maximum atomic E-state index is 5.94. The number of nitrogens with zero attached hydrogens (tertiary/aromatic N) is 2. The first kappa shape index (κ1) is 15.3. The lowest BCUT2D eigenvalue weighted by molar-refractivity contribution is 0.438. The summed E-state index contributed by atoms with van der Waals surface area (Å²) < 4.78 is 5.94. The van der Waals surface area contributed by atoms with Gasteiger partial charge in [-0.25, -0.2) is 0 Å². The zero-order valence-corrected chi connectivity index (χ0v) is 13.2. The summed E-state index contributed by atoms with van der Waals surface area (Å²) in [6.45, 7) is 9.48. The highest BCUT2D eigenvalue weighted by Crippen LogP contribution is 2.33. The van der Waals surface area contributed by atoms with Crippen molar-refractivity contribution in [3.8, 4) is 11.6 Å². The molecule has 112 valence electrons. The second-order valence-corrected chi connectivity index (χ2v) is 6.02.